The van der Waals surface area contributed by atoms with Crippen LogP contribution in [0.2, 0.25) is 0 Å². The van der Waals surface area contributed by atoms with Crippen LogP contribution in [0.3, 0.4) is 0 Å². The molecule has 1 aromatic rings. The summed E-state index contributed by atoms with van der Waals surface area (Å²) in [6.07, 6.45) is 4.76. The molecule has 1 saturated heterocycles. The van der Waals surface area contributed by atoms with Gasteiger partial charge in [0.15, 0.2) is 5.17 Å². The van der Waals surface area contributed by atoms with E-state index in [0.29, 0.717) is 41.6 Å². The summed E-state index contributed by atoms with van der Waals surface area (Å²) in [4.78, 5) is 58.4. The molecule has 11 nitrogen and oxygen atoms in total. The monoisotopic (exact) mass is 561 g/mol. The molecule has 4 N–H and O–H groups in total. The maximum atomic E-state index is 13.0. The molecule has 0 spiro atoms. The summed E-state index contributed by atoms with van der Waals surface area (Å²) >= 11 is 1.23. The first kappa shape index (κ1) is 31.8. The van der Waals surface area contributed by atoms with E-state index < -0.39 is 17.1 Å². The summed E-state index contributed by atoms with van der Waals surface area (Å²) < 4.78 is 4.60. The first-order valence-corrected chi connectivity index (χ1v) is 14.1. The summed E-state index contributed by atoms with van der Waals surface area (Å²) in [5.74, 6) is -1.68. The highest BCUT2D eigenvalue weighted by atomic mass is 32.2. The zero-order chi connectivity index (χ0) is 28.8. The van der Waals surface area contributed by atoms with E-state index in [1.54, 1.807) is 24.3 Å². The molecule has 0 aromatic heterocycles. The van der Waals surface area contributed by atoms with Crippen LogP contribution < -0.4 is 11.1 Å². The van der Waals surface area contributed by atoms with Crippen LogP contribution in [0.1, 0.15) is 74.7 Å². The van der Waals surface area contributed by atoms with Crippen LogP contribution in [0.15, 0.2) is 34.3 Å². The van der Waals surface area contributed by atoms with Gasteiger partial charge in [0, 0.05) is 43.2 Å². The molecule has 2 atom stereocenters. The van der Waals surface area contributed by atoms with Crippen LogP contribution in [-0.2, 0) is 19.1 Å². The number of thioether (sulfide) groups is 1. The molecule has 1 aliphatic heterocycles. The number of aliphatic imine (C=N–C) groups is 2. The van der Waals surface area contributed by atoms with Gasteiger partial charge in [-0.2, -0.15) is 4.99 Å². The number of rotatable bonds is 15. The van der Waals surface area contributed by atoms with Gasteiger partial charge in [-0.15, -0.1) is 0 Å². The Kier molecular flexibility index (Phi) is 13.5. The van der Waals surface area contributed by atoms with Crippen molar-refractivity contribution in [2.45, 2.75) is 70.1 Å². The molecule has 1 fully saturated rings. The fourth-order valence-corrected chi connectivity index (χ4v) is 5.22. The van der Waals surface area contributed by atoms with Crippen molar-refractivity contribution in [3.8, 4) is 0 Å². The number of nitrogens with one attached hydrogen (secondary N) is 1. The van der Waals surface area contributed by atoms with Gasteiger partial charge in [-0.3, -0.25) is 24.2 Å². The van der Waals surface area contributed by atoms with Crippen molar-refractivity contribution in [2.24, 2.45) is 15.7 Å². The fourth-order valence-electron chi connectivity index (χ4n) is 3.93. The highest BCUT2D eigenvalue weighted by Crippen LogP contribution is 2.32. The molecular formula is C27H39N5O6S. The van der Waals surface area contributed by atoms with E-state index in [0.717, 1.165) is 25.7 Å². The molecular weight excluding hydrogens is 522 g/mol. The third kappa shape index (κ3) is 10.3. The number of esters is 1. The number of ether oxygens (including phenoxy) is 1. The molecule has 2 unspecified atom stereocenters. The van der Waals surface area contributed by atoms with E-state index in [1.165, 1.54) is 18.9 Å². The first-order chi connectivity index (χ1) is 18.7. The van der Waals surface area contributed by atoms with Crippen LogP contribution in [0, 0.1) is 0 Å². The number of nitrogens with two attached hydrogens (primary N) is 1. The number of carboxylic acids is 1. The third-order valence-electron chi connectivity index (χ3n) is 6.23. The second kappa shape index (κ2) is 16.5. The summed E-state index contributed by atoms with van der Waals surface area (Å²) in [6.45, 7) is 5.14. The molecule has 12 heteroatoms. The van der Waals surface area contributed by atoms with E-state index in [4.69, 9.17) is 10.8 Å². The predicted octanol–water partition coefficient (Wildman–Crippen LogP) is 2.82. The lowest BCUT2D eigenvalue weighted by molar-refractivity contribution is -0.140. The topological polar surface area (TPSA) is 164 Å². The Hall–Kier alpha value is -3.41. The maximum absolute atomic E-state index is 13.0. The Bertz CT molecular complexity index is 1060. The quantitative estimate of drug-likeness (QED) is 0.126. The largest absolute Gasteiger partial charge is 0.481 e. The van der Waals surface area contributed by atoms with Crippen molar-refractivity contribution in [2.75, 3.05) is 26.7 Å². The van der Waals surface area contributed by atoms with Gasteiger partial charge in [0.25, 0.3) is 5.91 Å². The van der Waals surface area contributed by atoms with Gasteiger partial charge in [-0.25, -0.2) is 0 Å². The second-order valence-corrected chi connectivity index (χ2v) is 10.3. The Morgan fingerprint density at radius 3 is 2.41 bits per heavy atom. The van der Waals surface area contributed by atoms with Crippen LogP contribution in [0.4, 0.5) is 0 Å². The molecule has 39 heavy (non-hydrogen) atoms. The van der Waals surface area contributed by atoms with Crippen LogP contribution in [0.25, 0.3) is 0 Å². The lowest BCUT2D eigenvalue weighted by Crippen LogP contribution is -2.43. The standard InChI is InChI=1S/C27H39N5O6S/c1-4-5-6-7-17-32-18(2)23(26(37)30-16-14-21(33)34)39-27(32)31-25(36)20-12-10-19(11-13-20)24(28)29-15-8-9-22(35)38-3/h10-13,18,23H,4-9,14-17H2,1-3H3,(H2,28,29)(H,30,37)(H,33,34). The first-order valence-electron chi connectivity index (χ1n) is 13.2. The number of hydrogen-bond donors (Lipinski definition) is 3. The highest BCUT2D eigenvalue weighted by molar-refractivity contribution is 8.15. The van der Waals surface area contributed by atoms with Gasteiger partial charge < -0.3 is 25.8 Å². The number of nitrogens with zero attached hydrogens (tertiary/aromatic N) is 3. The van der Waals surface area contributed by atoms with Crippen molar-refractivity contribution in [3.05, 3.63) is 35.4 Å². The van der Waals surface area contributed by atoms with Crippen molar-refractivity contribution >= 4 is 46.5 Å². The summed E-state index contributed by atoms with van der Waals surface area (Å²) in [5, 5.41) is 11.5. The molecule has 0 radical (unpaired) electrons. The van der Waals surface area contributed by atoms with Gasteiger partial charge in [-0.1, -0.05) is 50.1 Å². The Balaban J connectivity index is 2.11. The molecule has 2 amide bonds. The zero-order valence-corrected chi connectivity index (χ0v) is 23.7. The number of carbonyl (C=O) groups excluding carboxylic acids is 3. The van der Waals surface area contributed by atoms with E-state index in [9.17, 15) is 19.2 Å². The van der Waals surface area contributed by atoms with Gasteiger partial charge in [0.2, 0.25) is 5.91 Å². The van der Waals surface area contributed by atoms with Gasteiger partial charge in [-0.05, 0) is 31.9 Å². The predicted molar refractivity (Wildman–Crippen MR) is 152 cm³/mol. The SMILES string of the molecule is CCCCCCN1C(=NC(=O)c2ccc(C(N)=NCCCC(=O)OC)cc2)SC(C(=O)NCCC(=O)O)C1C. The van der Waals surface area contributed by atoms with E-state index in [2.05, 4.69) is 27.0 Å². The van der Waals surface area contributed by atoms with Crippen molar-refractivity contribution in [1.29, 1.82) is 0 Å². The number of amidine groups is 2. The Labute approximate surface area is 233 Å². The average Bonchev–Trinajstić information content (AvgIpc) is 3.23. The molecule has 2 rings (SSSR count). The Morgan fingerprint density at radius 1 is 1.08 bits per heavy atom. The van der Waals surface area contributed by atoms with E-state index in [-0.39, 0.29) is 37.3 Å². The van der Waals surface area contributed by atoms with Crippen molar-refractivity contribution in [1.82, 2.24) is 10.2 Å². The van der Waals surface area contributed by atoms with Crippen molar-refractivity contribution in [3.63, 3.8) is 0 Å². The molecule has 214 valence electrons. The number of methoxy groups -OCH3 is 1. The van der Waals surface area contributed by atoms with Crippen molar-refractivity contribution < 1.29 is 29.0 Å². The van der Waals surface area contributed by atoms with Gasteiger partial charge in [0.1, 0.15) is 11.1 Å². The molecule has 0 aliphatic carbocycles. The summed E-state index contributed by atoms with van der Waals surface area (Å²) in [6, 6.07) is 6.44. The molecule has 1 heterocycles. The molecule has 1 aliphatic rings. The lowest BCUT2D eigenvalue weighted by Gasteiger charge is -2.25. The number of carbonyl (C=O) groups is 4. The number of aliphatic carboxylic acids is 1. The highest BCUT2D eigenvalue weighted by Gasteiger charge is 2.40. The summed E-state index contributed by atoms with van der Waals surface area (Å²) in [7, 11) is 1.34. The minimum Gasteiger partial charge on any atom is -0.481 e. The number of carboxylic acid groups (broad SMARTS) is 1. The molecule has 1 aromatic carbocycles. The normalized spacial score (nSPS) is 18.3. The minimum absolute atomic E-state index is 0.0456. The van der Waals surface area contributed by atoms with Crippen LogP contribution in [-0.4, -0.2) is 82.8 Å². The zero-order valence-electron chi connectivity index (χ0n) is 22.9. The van der Waals surface area contributed by atoms with E-state index >= 15 is 0 Å². The fraction of sp³-hybridized carbons (Fsp3) is 0.556. The second-order valence-electron chi connectivity index (χ2n) is 9.19. The lowest BCUT2D eigenvalue weighted by atomic mass is 10.1. The maximum Gasteiger partial charge on any atom is 0.305 e. The number of benzene rings is 1. The smallest absolute Gasteiger partial charge is 0.305 e. The number of amides is 2. The summed E-state index contributed by atoms with van der Waals surface area (Å²) in [5.41, 5.74) is 7.06. The van der Waals surface area contributed by atoms with E-state index in [1.807, 2.05) is 11.8 Å². The van der Waals surface area contributed by atoms with Crippen LogP contribution in [0.5, 0.6) is 0 Å². The Morgan fingerprint density at radius 2 is 1.77 bits per heavy atom. The molecule has 0 saturated carbocycles. The number of hydrogen-bond acceptors (Lipinski definition) is 7. The van der Waals surface area contributed by atoms with Gasteiger partial charge in [0.05, 0.1) is 13.5 Å². The number of unbranched alkanes of at least 4 members (excludes halogenated alkanes) is 3. The van der Waals surface area contributed by atoms with Gasteiger partial charge >= 0.3 is 11.9 Å². The third-order valence-corrected chi connectivity index (χ3v) is 7.63. The average molecular weight is 562 g/mol. The van der Waals surface area contributed by atoms with Crippen LogP contribution >= 0.6 is 11.8 Å². The molecule has 0 bridgehead atoms. The minimum atomic E-state index is -0.981.